The zero-order chi connectivity index (χ0) is 40.5. The number of anilines is 2. The fraction of sp³-hybridized carbons (Fsp3) is 0.600. The number of aromatic nitrogens is 3. The molecule has 0 saturated heterocycles. The molecular formula is C45H67N7O4. The van der Waals surface area contributed by atoms with Gasteiger partial charge in [0.25, 0.3) is 0 Å². The summed E-state index contributed by atoms with van der Waals surface area (Å²) in [7, 11) is 0. The molecule has 0 bridgehead atoms. The number of unbranched alkanes of at least 4 members (excludes halogenated alkanes) is 8. The van der Waals surface area contributed by atoms with Crippen LogP contribution in [0.2, 0.25) is 0 Å². The Balaban J connectivity index is 1.34. The number of nitrogens with one attached hydrogen (secondary N) is 1. The standard InChI is InChI=1S/C45H67N7O4/c1-8-11-13-15-16-18-20-34(19-17-14-12-9-2)32-56-40(55)28-27-39(54)46-36-23-21-35(22-24-36)43-48-44-41(42(45(5,6)7)49-52(44)50-43)47-38-26-25-37(31-33(38)4)51(10-3)29-30-53/h21-26,31,34,53H,8-20,27-30,32H2,1-7H3,(H,46,54)/b47-41-. The van der Waals surface area contributed by atoms with E-state index in [0.717, 1.165) is 47.6 Å². The second-order valence-electron chi connectivity index (χ2n) is 16.2. The summed E-state index contributed by atoms with van der Waals surface area (Å²) in [6, 6.07) is 13.5. The summed E-state index contributed by atoms with van der Waals surface area (Å²) in [6.45, 7) is 16.8. The lowest BCUT2D eigenvalue weighted by atomic mass is 9.87. The predicted octanol–water partition coefficient (Wildman–Crippen LogP) is 10.1. The number of esters is 1. The molecule has 0 fully saturated rings. The Morgan fingerprint density at radius 3 is 2.20 bits per heavy atom. The molecule has 0 aliphatic carbocycles. The summed E-state index contributed by atoms with van der Waals surface area (Å²) < 4.78 is 5.68. The van der Waals surface area contributed by atoms with E-state index in [1.54, 1.807) is 4.79 Å². The van der Waals surface area contributed by atoms with E-state index in [9.17, 15) is 14.7 Å². The highest BCUT2D eigenvalue weighted by Gasteiger charge is 2.35. The van der Waals surface area contributed by atoms with Gasteiger partial charge in [0.05, 0.1) is 31.0 Å². The maximum absolute atomic E-state index is 12.8. The lowest BCUT2D eigenvalue weighted by molar-refractivity contribution is -0.146. The van der Waals surface area contributed by atoms with Crippen LogP contribution < -0.4 is 10.2 Å². The fourth-order valence-corrected chi connectivity index (χ4v) is 6.98. The van der Waals surface area contributed by atoms with Gasteiger partial charge in [-0.2, -0.15) is 5.10 Å². The van der Waals surface area contributed by atoms with E-state index in [1.807, 2.05) is 43.3 Å². The number of aliphatic hydroxyl groups excluding tert-OH is 1. The van der Waals surface area contributed by atoms with Crippen molar-refractivity contribution in [2.24, 2.45) is 21.4 Å². The average Bonchev–Trinajstić information content (AvgIpc) is 3.75. The number of benzene rings is 2. The average molecular weight is 770 g/mol. The van der Waals surface area contributed by atoms with Gasteiger partial charge in [-0.05, 0) is 80.6 Å². The zero-order valence-corrected chi connectivity index (χ0v) is 35.2. The first-order chi connectivity index (χ1) is 27.0. The topological polar surface area (TPSA) is 134 Å². The van der Waals surface area contributed by atoms with E-state index >= 15 is 0 Å². The molecule has 1 aromatic heterocycles. The number of hydrogen-bond donors (Lipinski definition) is 2. The first kappa shape index (κ1) is 44.3. The second-order valence-corrected chi connectivity index (χ2v) is 16.2. The third kappa shape index (κ3) is 13.4. The lowest BCUT2D eigenvalue weighted by Gasteiger charge is -2.23. The molecule has 0 saturated carbocycles. The Bertz CT molecular complexity index is 1760. The molecule has 56 heavy (non-hydrogen) atoms. The number of hydrogen-bond acceptors (Lipinski definition) is 9. The third-order valence-corrected chi connectivity index (χ3v) is 10.4. The highest BCUT2D eigenvalue weighted by atomic mass is 16.5. The number of rotatable bonds is 24. The van der Waals surface area contributed by atoms with Crippen LogP contribution in [0.25, 0.3) is 11.4 Å². The molecule has 2 heterocycles. The Hall–Kier alpha value is -4.38. The number of aryl methyl sites for hydroxylation is 1. The van der Waals surface area contributed by atoms with Crippen LogP contribution >= 0.6 is 0 Å². The van der Waals surface area contributed by atoms with E-state index in [0.29, 0.717) is 42.1 Å². The van der Waals surface area contributed by atoms with E-state index in [-0.39, 0.29) is 36.7 Å². The molecule has 3 aromatic rings. The summed E-state index contributed by atoms with van der Waals surface area (Å²) in [5.74, 6) is 0.910. The van der Waals surface area contributed by atoms with E-state index in [1.165, 1.54) is 64.2 Å². The van der Waals surface area contributed by atoms with Crippen LogP contribution in [0.3, 0.4) is 0 Å². The number of aliphatic hydroxyl groups is 1. The van der Waals surface area contributed by atoms with E-state index < -0.39 is 0 Å². The Labute approximate surface area is 335 Å². The van der Waals surface area contributed by atoms with Gasteiger partial charge in [0.1, 0.15) is 5.71 Å². The maximum Gasteiger partial charge on any atom is 0.306 e. The Morgan fingerprint density at radius 1 is 0.911 bits per heavy atom. The molecule has 4 rings (SSSR count). The van der Waals surface area contributed by atoms with Crippen molar-refractivity contribution in [1.82, 2.24) is 14.9 Å². The minimum absolute atomic E-state index is 0.0547. The maximum atomic E-state index is 12.8. The van der Waals surface area contributed by atoms with Gasteiger partial charge in [0.2, 0.25) is 11.7 Å². The number of amides is 1. The van der Waals surface area contributed by atoms with Gasteiger partial charge in [-0.25, -0.2) is 9.98 Å². The summed E-state index contributed by atoms with van der Waals surface area (Å²) in [4.78, 5) is 39.0. The molecule has 1 aliphatic heterocycles. The first-order valence-corrected chi connectivity index (χ1v) is 21.2. The largest absolute Gasteiger partial charge is 0.465 e. The van der Waals surface area contributed by atoms with Gasteiger partial charge in [-0.15, -0.1) is 9.89 Å². The number of ether oxygens (including phenoxy) is 1. The van der Waals surface area contributed by atoms with Gasteiger partial charge in [-0.1, -0.05) is 98.8 Å². The zero-order valence-electron chi connectivity index (χ0n) is 35.2. The first-order valence-electron chi connectivity index (χ1n) is 21.2. The van der Waals surface area contributed by atoms with Crippen LogP contribution in [0.15, 0.2) is 52.6 Å². The van der Waals surface area contributed by atoms with Crippen LogP contribution in [-0.2, 0) is 14.3 Å². The van der Waals surface area contributed by atoms with Crippen LogP contribution in [0.1, 0.15) is 143 Å². The monoisotopic (exact) mass is 770 g/mol. The number of nitrogens with zero attached hydrogens (tertiary/aromatic N) is 6. The van der Waals surface area contributed by atoms with Gasteiger partial charge >= 0.3 is 5.97 Å². The highest BCUT2D eigenvalue weighted by Crippen LogP contribution is 2.31. The molecule has 1 unspecified atom stereocenters. The number of aliphatic imine (C=N–C) groups is 1. The second kappa shape index (κ2) is 22.4. The molecule has 2 N–H and O–H groups in total. The van der Waals surface area contributed by atoms with Gasteiger partial charge < -0.3 is 20.1 Å². The number of carbonyl (C=O) groups excluding carboxylic acids is 2. The molecule has 2 aromatic carbocycles. The molecule has 306 valence electrons. The summed E-state index contributed by atoms with van der Waals surface area (Å²) >= 11 is 0. The smallest absolute Gasteiger partial charge is 0.306 e. The molecule has 1 amide bonds. The number of carbonyl (C=O) groups is 2. The van der Waals surface area contributed by atoms with Crippen molar-refractivity contribution in [3.63, 3.8) is 0 Å². The fourth-order valence-electron chi connectivity index (χ4n) is 6.98. The molecule has 1 aliphatic rings. The van der Waals surface area contributed by atoms with Crippen molar-refractivity contribution in [1.29, 1.82) is 0 Å². The molecule has 11 heteroatoms. The highest BCUT2D eigenvalue weighted by molar-refractivity contribution is 6.50. The summed E-state index contributed by atoms with van der Waals surface area (Å²) in [5, 5.41) is 21.9. The Kier molecular flexibility index (Phi) is 17.7. The molecule has 0 radical (unpaired) electrons. The molecule has 0 spiro atoms. The molecule has 1 atom stereocenters. The number of likely N-dealkylation sites (N-methyl/N-ethyl adjacent to an activating group) is 1. The summed E-state index contributed by atoms with van der Waals surface area (Å²) in [5.41, 5.74) is 5.44. The van der Waals surface area contributed by atoms with Crippen molar-refractivity contribution >= 4 is 40.4 Å². The minimum Gasteiger partial charge on any atom is -0.465 e. The normalized spacial score (nSPS) is 13.8. The van der Waals surface area contributed by atoms with Crippen molar-refractivity contribution in [2.75, 3.05) is 36.5 Å². The predicted molar refractivity (Wildman–Crippen MR) is 229 cm³/mol. The van der Waals surface area contributed by atoms with Crippen LogP contribution in [0, 0.1) is 18.3 Å². The van der Waals surface area contributed by atoms with Gasteiger partial charge in [-0.3, -0.25) is 9.59 Å². The van der Waals surface area contributed by atoms with Crippen molar-refractivity contribution in [3.8, 4) is 11.4 Å². The summed E-state index contributed by atoms with van der Waals surface area (Å²) in [6.07, 6.45) is 14.7. The Morgan fingerprint density at radius 2 is 1.57 bits per heavy atom. The van der Waals surface area contributed by atoms with E-state index in [2.05, 4.69) is 57.8 Å². The van der Waals surface area contributed by atoms with Gasteiger partial charge in [0.15, 0.2) is 5.82 Å². The van der Waals surface area contributed by atoms with E-state index in [4.69, 9.17) is 24.9 Å². The van der Waals surface area contributed by atoms with Crippen LogP contribution in [0.5, 0.6) is 0 Å². The SMILES string of the molecule is CCCCCCCCC(CCCCCC)COC(=O)CCC(=O)Nc1ccc(-c2nc3n(n2)N=C(C(C)(C)C)/C3=N/c2ccc(N(CC)CCO)cc2C)cc1. The van der Waals surface area contributed by atoms with Crippen molar-refractivity contribution in [2.45, 2.75) is 138 Å². The van der Waals surface area contributed by atoms with Crippen LogP contribution in [-0.4, -0.2) is 69.6 Å². The third-order valence-electron chi connectivity index (χ3n) is 10.4. The molecule has 11 nitrogen and oxygen atoms in total. The quantitative estimate of drug-likeness (QED) is 0.0684. The van der Waals surface area contributed by atoms with Crippen molar-refractivity contribution < 1.29 is 19.4 Å². The molecular weight excluding hydrogens is 703 g/mol. The van der Waals surface area contributed by atoms with Crippen molar-refractivity contribution in [3.05, 3.63) is 53.9 Å². The lowest BCUT2D eigenvalue weighted by Crippen LogP contribution is -2.27. The van der Waals surface area contributed by atoms with Crippen LogP contribution in [0.4, 0.5) is 17.1 Å². The van der Waals surface area contributed by atoms with Gasteiger partial charge in [0, 0.05) is 41.9 Å². The minimum atomic E-state index is -0.315. The number of fused-ring (bicyclic) bond motifs is 1.